The number of aliphatic carboxylic acids is 1. The normalized spacial score (nSPS) is 12.3. The molecule has 0 unspecified atom stereocenters. The summed E-state index contributed by atoms with van der Waals surface area (Å²) in [5, 5.41) is 21.1. The average Bonchev–Trinajstić information content (AvgIpc) is 2.46. The van der Waals surface area contributed by atoms with Gasteiger partial charge in [0.2, 0.25) is 0 Å². The summed E-state index contributed by atoms with van der Waals surface area (Å²) >= 11 is 0. The molecule has 4 nitrogen and oxygen atoms in total. The number of nitrogens with zero attached hydrogens (tertiary/aromatic N) is 1. The van der Waals surface area contributed by atoms with Gasteiger partial charge in [-0.05, 0) is 17.0 Å². The molecular weight excluding hydrogens is 265 g/mol. The van der Waals surface area contributed by atoms with Gasteiger partial charge in [-0.2, -0.15) is 0 Å². The molecule has 0 aliphatic heterocycles. The Balaban J connectivity index is 0.00000200. The molecular formula is C15H12NNaO3. The van der Waals surface area contributed by atoms with Crippen molar-refractivity contribution >= 4 is 11.9 Å². The molecule has 0 spiro atoms. The predicted octanol–water partition coefficient (Wildman–Crippen LogP) is -1.38. The molecule has 1 atom stereocenters. The molecule has 0 aliphatic carbocycles. The number of carboxylic acids is 1. The number of carbonyl (C=O) groups is 1. The Labute approximate surface area is 139 Å². The fourth-order valence-corrected chi connectivity index (χ4v) is 1.68. The summed E-state index contributed by atoms with van der Waals surface area (Å²) in [6.07, 6.45) is 0. The first-order valence-corrected chi connectivity index (χ1v) is 5.76. The van der Waals surface area contributed by atoms with Crippen LogP contribution in [0.5, 0.6) is 0 Å². The third kappa shape index (κ3) is 4.20. The number of carboxylic acid groups (broad SMARTS) is 1. The summed E-state index contributed by atoms with van der Waals surface area (Å²) in [5.74, 6) is -1.67. The summed E-state index contributed by atoms with van der Waals surface area (Å²) in [4.78, 5) is 15.0. The minimum atomic E-state index is -1.17. The molecule has 20 heavy (non-hydrogen) atoms. The van der Waals surface area contributed by atoms with Crippen molar-refractivity contribution in [3.05, 3.63) is 71.8 Å². The Morgan fingerprint density at radius 3 is 2.00 bits per heavy atom. The first-order valence-electron chi connectivity index (χ1n) is 5.76. The first-order chi connectivity index (χ1) is 9.18. The van der Waals surface area contributed by atoms with E-state index in [2.05, 4.69) is 4.99 Å². The Morgan fingerprint density at radius 1 is 1.00 bits per heavy atom. The van der Waals surface area contributed by atoms with E-state index in [9.17, 15) is 15.0 Å². The van der Waals surface area contributed by atoms with Crippen molar-refractivity contribution in [2.75, 3.05) is 0 Å². The van der Waals surface area contributed by atoms with Gasteiger partial charge in [0.25, 0.3) is 0 Å². The van der Waals surface area contributed by atoms with Crippen molar-refractivity contribution in [1.82, 2.24) is 0 Å². The Morgan fingerprint density at radius 2 is 1.50 bits per heavy atom. The van der Waals surface area contributed by atoms with Gasteiger partial charge in [-0.25, -0.2) is 4.79 Å². The Hall–Kier alpha value is -1.62. The second-order valence-electron chi connectivity index (χ2n) is 3.95. The quantitative estimate of drug-likeness (QED) is 0.425. The third-order valence-corrected chi connectivity index (χ3v) is 2.62. The minimum absolute atomic E-state index is 0. The van der Waals surface area contributed by atoms with E-state index in [0.717, 1.165) is 0 Å². The van der Waals surface area contributed by atoms with E-state index in [-0.39, 0.29) is 29.6 Å². The van der Waals surface area contributed by atoms with E-state index in [0.29, 0.717) is 11.1 Å². The molecule has 0 aromatic heterocycles. The first kappa shape index (κ1) is 16.4. The van der Waals surface area contributed by atoms with Crippen LogP contribution in [0, 0.1) is 0 Å². The summed E-state index contributed by atoms with van der Waals surface area (Å²) in [6.45, 7) is 0. The van der Waals surface area contributed by atoms with Gasteiger partial charge in [0.15, 0.2) is 6.04 Å². The van der Waals surface area contributed by atoms with Gasteiger partial charge >= 0.3 is 35.5 Å². The Bertz CT molecular complexity index is 585. The van der Waals surface area contributed by atoms with Gasteiger partial charge in [0.05, 0.1) is 0 Å². The van der Waals surface area contributed by atoms with Crippen molar-refractivity contribution in [2.24, 2.45) is 4.99 Å². The van der Waals surface area contributed by atoms with Crippen LogP contribution < -0.4 is 34.7 Å². The second kappa shape index (κ2) is 7.85. The average molecular weight is 277 g/mol. The largest absolute Gasteiger partial charge is 1.00 e. The summed E-state index contributed by atoms with van der Waals surface area (Å²) in [6, 6.07) is 15.7. The molecule has 0 radical (unpaired) electrons. The maximum Gasteiger partial charge on any atom is 1.00 e. The van der Waals surface area contributed by atoms with Gasteiger partial charge in [-0.15, -0.1) is 0 Å². The molecule has 96 valence electrons. The van der Waals surface area contributed by atoms with E-state index in [1.165, 1.54) is 0 Å². The number of hydrogen-bond donors (Lipinski definition) is 1. The maximum absolute atomic E-state index is 11.9. The van der Waals surface area contributed by atoms with E-state index in [1.807, 2.05) is 0 Å². The van der Waals surface area contributed by atoms with Crippen molar-refractivity contribution in [2.45, 2.75) is 6.04 Å². The molecule has 0 bridgehead atoms. The number of benzene rings is 2. The van der Waals surface area contributed by atoms with Gasteiger partial charge in [-0.1, -0.05) is 60.7 Å². The van der Waals surface area contributed by atoms with Gasteiger partial charge in [0, 0.05) is 0 Å². The number of aliphatic imine (C=N–C) groups is 1. The summed E-state index contributed by atoms with van der Waals surface area (Å²) in [5.41, 5.74) is 0.865. The van der Waals surface area contributed by atoms with E-state index < -0.39 is 17.9 Å². The summed E-state index contributed by atoms with van der Waals surface area (Å²) < 4.78 is 0. The van der Waals surface area contributed by atoms with Crippen LogP contribution in [0.3, 0.4) is 0 Å². The van der Waals surface area contributed by atoms with Crippen LogP contribution in [0.4, 0.5) is 0 Å². The maximum atomic E-state index is 11.9. The summed E-state index contributed by atoms with van der Waals surface area (Å²) in [7, 11) is 0. The van der Waals surface area contributed by atoms with Gasteiger partial charge in [-0.3, -0.25) is 4.99 Å². The van der Waals surface area contributed by atoms with Crippen LogP contribution in [-0.2, 0) is 4.79 Å². The van der Waals surface area contributed by atoms with Crippen molar-refractivity contribution in [1.29, 1.82) is 0 Å². The van der Waals surface area contributed by atoms with Crippen LogP contribution in [0.1, 0.15) is 17.2 Å². The zero-order chi connectivity index (χ0) is 13.7. The van der Waals surface area contributed by atoms with Gasteiger partial charge in [0.1, 0.15) is 0 Å². The van der Waals surface area contributed by atoms with Crippen LogP contribution in [-0.4, -0.2) is 17.0 Å². The molecule has 2 aromatic carbocycles. The zero-order valence-electron chi connectivity index (χ0n) is 11.1. The molecule has 0 fully saturated rings. The SMILES string of the molecule is O=C(O)[C@@H](N=C([O-])c1ccccc1)c1ccccc1.[Na+]. The number of rotatable bonds is 4. The van der Waals surface area contributed by atoms with Crippen LogP contribution in [0.15, 0.2) is 65.7 Å². The van der Waals surface area contributed by atoms with Crippen LogP contribution in [0.25, 0.3) is 0 Å². The van der Waals surface area contributed by atoms with E-state index in [1.54, 1.807) is 60.7 Å². The molecule has 2 rings (SSSR count). The molecule has 0 aliphatic rings. The topological polar surface area (TPSA) is 72.7 Å². The monoisotopic (exact) mass is 277 g/mol. The molecule has 0 saturated heterocycles. The fourth-order valence-electron chi connectivity index (χ4n) is 1.68. The van der Waals surface area contributed by atoms with Gasteiger partial charge < -0.3 is 10.2 Å². The second-order valence-corrected chi connectivity index (χ2v) is 3.95. The standard InChI is InChI=1S/C15H13NO3.Na/c17-14(12-9-5-2-6-10-12)16-13(15(18)19)11-7-3-1-4-8-11;/h1-10,13H,(H,16,17)(H,18,19);/q;+1/p-1/t13-;/m0./s1. The Kier molecular flexibility index (Phi) is 6.45. The zero-order valence-corrected chi connectivity index (χ0v) is 13.1. The van der Waals surface area contributed by atoms with Crippen LogP contribution >= 0.6 is 0 Å². The predicted molar refractivity (Wildman–Crippen MR) is 69.8 cm³/mol. The number of hydrogen-bond acceptors (Lipinski definition) is 3. The third-order valence-electron chi connectivity index (χ3n) is 2.62. The smallest absolute Gasteiger partial charge is 0.858 e. The molecule has 2 aromatic rings. The van der Waals surface area contributed by atoms with Crippen molar-refractivity contribution in [3.63, 3.8) is 0 Å². The molecule has 0 amide bonds. The molecule has 5 heteroatoms. The van der Waals surface area contributed by atoms with E-state index >= 15 is 0 Å². The molecule has 0 saturated carbocycles. The van der Waals surface area contributed by atoms with Crippen LogP contribution in [0.2, 0.25) is 0 Å². The molecule has 1 N–H and O–H groups in total. The van der Waals surface area contributed by atoms with Crippen molar-refractivity contribution < 1.29 is 44.6 Å². The fraction of sp³-hybridized carbons (Fsp3) is 0.0667. The molecule has 0 heterocycles. The van der Waals surface area contributed by atoms with Crippen molar-refractivity contribution in [3.8, 4) is 0 Å². The minimum Gasteiger partial charge on any atom is -0.858 e. The van der Waals surface area contributed by atoms with E-state index in [4.69, 9.17) is 0 Å².